The lowest BCUT2D eigenvalue weighted by molar-refractivity contribution is 0.607. The number of anilines is 1. The normalized spacial score (nSPS) is 10.5. The van der Waals surface area contributed by atoms with Gasteiger partial charge in [-0.15, -0.1) is 0 Å². The zero-order valence-electron chi connectivity index (χ0n) is 8.05. The molecule has 1 aromatic rings. The summed E-state index contributed by atoms with van der Waals surface area (Å²) in [5, 5.41) is 3.36. The number of aromatic nitrogens is 1. The first kappa shape index (κ1) is 10.5. The lowest BCUT2D eigenvalue weighted by Gasteiger charge is -2.09. The van der Waals surface area contributed by atoms with E-state index in [-0.39, 0.29) is 0 Å². The van der Waals surface area contributed by atoms with E-state index in [9.17, 15) is 0 Å². The fourth-order valence-electron chi connectivity index (χ4n) is 1.01. The highest BCUT2D eigenvalue weighted by Crippen LogP contribution is 2.19. The van der Waals surface area contributed by atoms with Crippen molar-refractivity contribution >= 4 is 21.6 Å². The van der Waals surface area contributed by atoms with Crippen molar-refractivity contribution in [3.05, 3.63) is 22.9 Å². The van der Waals surface area contributed by atoms with Crippen LogP contribution < -0.4 is 5.32 Å². The van der Waals surface area contributed by atoms with Gasteiger partial charge in [-0.25, -0.2) is 0 Å². The molecule has 0 aliphatic heterocycles. The van der Waals surface area contributed by atoms with Gasteiger partial charge in [0.1, 0.15) is 0 Å². The van der Waals surface area contributed by atoms with Gasteiger partial charge in [0.2, 0.25) is 0 Å². The minimum Gasteiger partial charge on any atom is -0.384 e. The average molecular weight is 243 g/mol. The molecule has 72 valence electrons. The summed E-state index contributed by atoms with van der Waals surface area (Å²) in [7, 11) is 0. The van der Waals surface area contributed by atoms with E-state index in [1.54, 1.807) is 12.4 Å². The molecule has 0 aliphatic carbocycles. The topological polar surface area (TPSA) is 24.9 Å². The van der Waals surface area contributed by atoms with E-state index in [1.165, 1.54) is 6.42 Å². The molecule has 0 radical (unpaired) electrons. The van der Waals surface area contributed by atoms with Gasteiger partial charge in [0, 0.05) is 18.9 Å². The van der Waals surface area contributed by atoms with E-state index in [0.29, 0.717) is 0 Å². The zero-order valence-corrected chi connectivity index (χ0v) is 9.63. The molecule has 0 saturated carbocycles. The Morgan fingerprint density at radius 2 is 2.31 bits per heavy atom. The minimum atomic E-state index is 0.744. The van der Waals surface area contributed by atoms with Gasteiger partial charge < -0.3 is 5.32 Å². The van der Waals surface area contributed by atoms with E-state index in [2.05, 4.69) is 40.1 Å². The summed E-state index contributed by atoms with van der Waals surface area (Å²) in [6.07, 6.45) is 4.79. The van der Waals surface area contributed by atoms with Crippen molar-refractivity contribution in [1.29, 1.82) is 0 Å². The molecular formula is C10H15BrN2. The lowest BCUT2D eigenvalue weighted by atomic mass is 10.1. The number of nitrogens with one attached hydrogen (secondary N) is 1. The molecule has 0 saturated heterocycles. The van der Waals surface area contributed by atoms with Crippen LogP contribution in [-0.2, 0) is 0 Å². The Balaban J connectivity index is 2.41. The molecule has 3 heteroatoms. The third-order valence-corrected chi connectivity index (χ3v) is 2.44. The van der Waals surface area contributed by atoms with Gasteiger partial charge in [-0.2, -0.15) is 0 Å². The second-order valence-corrected chi connectivity index (χ2v) is 4.32. The van der Waals surface area contributed by atoms with Gasteiger partial charge in [0.25, 0.3) is 0 Å². The molecule has 0 amide bonds. The van der Waals surface area contributed by atoms with Crippen LogP contribution in [0.4, 0.5) is 5.69 Å². The van der Waals surface area contributed by atoms with Crippen molar-refractivity contribution in [2.75, 3.05) is 11.9 Å². The van der Waals surface area contributed by atoms with Gasteiger partial charge in [0.15, 0.2) is 0 Å². The SMILES string of the molecule is CC(C)CCNc1ccncc1Br. The smallest absolute Gasteiger partial charge is 0.0590 e. The van der Waals surface area contributed by atoms with Crippen molar-refractivity contribution in [1.82, 2.24) is 4.98 Å². The van der Waals surface area contributed by atoms with Crippen molar-refractivity contribution in [3.63, 3.8) is 0 Å². The molecule has 0 unspecified atom stereocenters. The number of hydrogen-bond donors (Lipinski definition) is 1. The van der Waals surface area contributed by atoms with E-state index in [4.69, 9.17) is 0 Å². The highest BCUT2D eigenvalue weighted by atomic mass is 79.9. The Labute approximate surface area is 87.9 Å². The molecule has 0 bridgehead atoms. The van der Waals surface area contributed by atoms with Crippen LogP contribution in [0.2, 0.25) is 0 Å². The fourth-order valence-corrected chi connectivity index (χ4v) is 1.40. The predicted molar refractivity (Wildman–Crippen MR) is 59.9 cm³/mol. The van der Waals surface area contributed by atoms with Gasteiger partial charge >= 0.3 is 0 Å². The standard InChI is InChI=1S/C10H15BrN2/c1-8(2)3-6-13-10-4-5-12-7-9(10)11/h4-5,7-8H,3,6H2,1-2H3,(H,12,13). The molecule has 1 N–H and O–H groups in total. The third kappa shape index (κ3) is 3.77. The monoisotopic (exact) mass is 242 g/mol. The van der Waals surface area contributed by atoms with Crippen molar-refractivity contribution in [2.45, 2.75) is 20.3 Å². The summed E-state index contributed by atoms with van der Waals surface area (Å²) in [6, 6.07) is 1.98. The maximum Gasteiger partial charge on any atom is 0.0590 e. The van der Waals surface area contributed by atoms with Crippen LogP contribution in [0.25, 0.3) is 0 Å². The lowest BCUT2D eigenvalue weighted by Crippen LogP contribution is -2.05. The van der Waals surface area contributed by atoms with Crippen molar-refractivity contribution in [2.24, 2.45) is 5.92 Å². The fraction of sp³-hybridized carbons (Fsp3) is 0.500. The van der Waals surface area contributed by atoms with Crippen LogP contribution in [0.3, 0.4) is 0 Å². The summed E-state index contributed by atoms with van der Waals surface area (Å²) in [5.74, 6) is 0.744. The van der Waals surface area contributed by atoms with E-state index < -0.39 is 0 Å². The molecule has 1 rings (SSSR count). The third-order valence-electron chi connectivity index (χ3n) is 1.81. The van der Waals surface area contributed by atoms with Crippen LogP contribution in [0.5, 0.6) is 0 Å². The highest BCUT2D eigenvalue weighted by Gasteiger charge is 1.98. The number of nitrogens with zero attached hydrogens (tertiary/aromatic N) is 1. The summed E-state index contributed by atoms with van der Waals surface area (Å²) in [5.41, 5.74) is 1.12. The Hall–Kier alpha value is -0.570. The number of pyridine rings is 1. The van der Waals surface area contributed by atoms with E-state index in [1.807, 2.05) is 6.07 Å². The minimum absolute atomic E-state index is 0.744. The summed E-state index contributed by atoms with van der Waals surface area (Å²) < 4.78 is 1.03. The first-order valence-electron chi connectivity index (χ1n) is 4.53. The Kier molecular flexibility index (Phi) is 4.22. The van der Waals surface area contributed by atoms with Crippen LogP contribution in [-0.4, -0.2) is 11.5 Å². The molecule has 0 atom stereocenters. The summed E-state index contributed by atoms with van der Waals surface area (Å²) in [4.78, 5) is 4.00. The summed E-state index contributed by atoms with van der Waals surface area (Å²) in [6.45, 7) is 5.47. The molecule has 2 nitrogen and oxygen atoms in total. The molecular weight excluding hydrogens is 228 g/mol. The van der Waals surface area contributed by atoms with Crippen LogP contribution in [0, 0.1) is 5.92 Å². The Morgan fingerprint density at radius 3 is 2.92 bits per heavy atom. The van der Waals surface area contributed by atoms with Crippen molar-refractivity contribution in [3.8, 4) is 0 Å². The molecule has 0 fully saturated rings. The largest absolute Gasteiger partial charge is 0.384 e. The molecule has 1 heterocycles. The number of rotatable bonds is 4. The Bertz CT molecular complexity index is 261. The predicted octanol–water partition coefficient (Wildman–Crippen LogP) is 3.30. The molecule has 13 heavy (non-hydrogen) atoms. The maximum atomic E-state index is 4.00. The van der Waals surface area contributed by atoms with Crippen LogP contribution >= 0.6 is 15.9 Å². The Morgan fingerprint density at radius 1 is 1.54 bits per heavy atom. The molecule has 0 aromatic carbocycles. The van der Waals surface area contributed by atoms with Gasteiger partial charge in [0.05, 0.1) is 10.2 Å². The maximum absolute atomic E-state index is 4.00. The van der Waals surface area contributed by atoms with Crippen LogP contribution in [0.1, 0.15) is 20.3 Å². The van der Waals surface area contributed by atoms with Crippen molar-refractivity contribution < 1.29 is 0 Å². The average Bonchev–Trinajstić information content (AvgIpc) is 2.08. The summed E-state index contributed by atoms with van der Waals surface area (Å²) >= 11 is 3.44. The first-order chi connectivity index (χ1) is 6.20. The second kappa shape index (κ2) is 5.22. The van der Waals surface area contributed by atoms with Gasteiger partial charge in [-0.1, -0.05) is 13.8 Å². The van der Waals surface area contributed by atoms with Crippen LogP contribution in [0.15, 0.2) is 22.9 Å². The van der Waals surface area contributed by atoms with Gasteiger partial charge in [-0.05, 0) is 34.3 Å². The first-order valence-corrected chi connectivity index (χ1v) is 5.33. The molecule has 0 aliphatic rings. The van der Waals surface area contributed by atoms with Gasteiger partial charge in [-0.3, -0.25) is 4.98 Å². The molecule has 0 spiro atoms. The van der Waals surface area contributed by atoms with E-state index in [0.717, 1.165) is 22.6 Å². The van der Waals surface area contributed by atoms with E-state index >= 15 is 0 Å². The second-order valence-electron chi connectivity index (χ2n) is 3.46. The number of halogens is 1. The molecule has 1 aromatic heterocycles. The number of hydrogen-bond acceptors (Lipinski definition) is 2. The quantitative estimate of drug-likeness (QED) is 0.877. The highest BCUT2D eigenvalue weighted by molar-refractivity contribution is 9.10. The zero-order chi connectivity index (χ0) is 9.68.